The normalized spacial score (nSPS) is 11.2. The van der Waals surface area contributed by atoms with Gasteiger partial charge in [0, 0.05) is 17.0 Å². The van der Waals surface area contributed by atoms with Crippen molar-refractivity contribution < 1.29 is 4.79 Å². The molecule has 4 aromatic carbocycles. The van der Waals surface area contributed by atoms with Crippen LogP contribution in [0.3, 0.4) is 0 Å². The van der Waals surface area contributed by atoms with Gasteiger partial charge in [0.2, 0.25) is 5.91 Å². The molecule has 0 spiro atoms. The Bertz CT molecular complexity index is 1420. The topological polar surface area (TPSA) is 46.9 Å². The van der Waals surface area contributed by atoms with Gasteiger partial charge in [-0.15, -0.1) is 11.8 Å². The standard InChI is InChI=1S/C27H23N3OS/c1-32-22-12-7-11-21(17-22)28-27(31)18-30-25-15-5-4-14-24(25)29-26(30)16-20-10-6-9-19-8-2-3-13-23(19)20/h2-15,17H,16,18H2,1H3,(H,28,31). The van der Waals surface area contributed by atoms with Gasteiger partial charge >= 0.3 is 0 Å². The van der Waals surface area contributed by atoms with Gasteiger partial charge in [-0.3, -0.25) is 4.79 Å². The van der Waals surface area contributed by atoms with Crippen LogP contribution >= 0.6 is 11.8 Å². The van der Waals surface area contributed by atoms with E-state index < -0.39 is 0 Å². The number of nitrogens with one attached hydrogen (secondary N) is 1. The predicted molar refractivity (Wildman–Crippen MR) is 133 cm³/mol. The van der Waals surface area contributed by atoms with Gasteiger partial charge in [-0.25, -0.2) is 4.98 Å². The van der Waals surface area contributed by atoms with Crippen LogP contribution in [0, 0.1) is 0 Å². The van der Waals surface area contributed by atoms with E-state index in [1.807, 2.05) is 59.4 Å². The van der Waals surface area contributed by atoms with Crippen molar-refractivity contribution in [3.05, 3.63) is 102 Å². The molecule has 158 valence electrons. The highest BCUT2D eigenvalue weighted by Crippen LogP contribution is 2.24. The Hall–Kier alpha value is -3.57. The summed E-state index contributed by atoms with van der Waals surface area (Å²) in [6.45, 7) is 0.212. The Balaban J connectivity index is 1.48. The monoisotopic (exact) mass is 437 g/mol. The number of aromatic nitrogens is 2. The van der Waals surface area contributed by atoms with Crippen LogP contribution in [0.15, 0.2) is 95.9 Å². The first-order chi connectivity index (χ1) is 15.7. The van der Waals surface area contributed by atoms with Crippen molar-refractivity contribution in [1.82, 2.24) is 9.55 Å². The van der Waals surface area contributed by atoms with E-state index in [9.17, 15) is 4.79 Å². The fourth-order valence-electron chi connectivity index (χ4n) is 4.10. The molecule has 0 atom stereocenters. The molecule has 1 N–H and O–H groups in total. The zero-order chi connectivity index (χ0) is 21.9. The third kappa shape index (κ3) is 4.12. The highest BCUT2D eigenvalue weighted by atomic mass is 32.2. The average molecular weight is 438 g/mol. The zero-order valence-corrected chi connectivity index (χ0v) is 18.6. The first-order valence-corrected chi connectivity index (χ1v) is 11.8. The number of nitrogens with zero attached hydrogens (tertiary/aromatic N) is 2. The van der Waals surface area contributed by atoms with E-state index in [0.717, 1.165) is 27.4 Å². The van der Waals surface area contributed by atoms with E-state index in [1.54, 1.807) is 11.8 Å². The highest BCUT2D eigenvalue weighted by molar-refractivity contribution is 7.98. The molecule has 5 heteroatoms. The summed E-state index contributed by atoms with van der Waals surface area (Å²) in [4.78, 5) is 19.0. The SMILES string of the molecule is CSc1cccc(NC(=O)Cn2c(Cc3cccc4ccccc34)nc3ccccc32)c1. The number of carbonyl (C=O) groups excluding carboxylic acids is 1. The molecule has 1 amide bonds. The molecule has 4 nitrogen and oxygen atoms in total. The second kappa shape index (κ2) is 8.89. The lowest BCUT2D eigenvalue weighted by atomic mass is 10.0. The van der Waals surface area contributed by atoms with Gasteiger partial charge in [-0.1, -0.05) is 60.7 Å². The maximum Gasteiger partial charge on any atom is 0.244 e. The van der Waals surface area contributed by atoms with Crippen LogP contribution in [0.2, 0.25) is 0 Å². The van der Waals surface area contributed by atoms with Gasteiger partial charge in [0.15, 0.2) is 0 Å². The number of para-hydroxylation sites is 2. The molecule has 0 radical (unpaired) electrons. The summed E-state index contributed by atoms with van der Waals surface area (Å²) in [6, 6.07) is 30.6. The molecule has 0 fully saturated rings. The van der Waals surface area contributed by atoms with E-state index in [4.69, 9.17) is 4.98 Å². The number of fused-ring (bicyclic) bond motifs is 2. The first-order valence-electron chi connectivity index (χ1n) is 10.6. The second-order valence-electron chi connectivity index (χ2n) is 7.70. The number of amides is 1. The summed E-state index contributed by atoms with van der Waals surface area (Å²) in [7, 11) is 0. The van der Waals surface area contributed by atoms with Gasteiger partial charge in [0.05, 0.1) is 11.0 Å². The predicted octanol–water partition coefficient (Wildman–Crippen LogP) is 6.14. The van der Waals surface area contributed by atoms with Crippen LogP contribution in [0.1, 0.15) is 11.4 Å². The smallest absolute Gasteiger partial charge is 0.244 e. The highest BCUT2D eigenvalue weighted by Gasteiger charge is 2.15. The molecular formula is C27H23N3OS. The summed E-state index contributed by atoms with van der Waals surface area (Å²) in [5, 5.41) is 5.46. The molecule has 1 aromatic heterocycles. The lowest BCUT2D eigenvalue weighted by molar-refractivity contribution is -0.116. The van der Waals surface area contributed by atoms with Gasteiger partial charge in [-0.05, 0) is 52.9 Å². The molecule has 0 unspecified atom stereocenters. The molecule has 0 aliphatic rings. The molecular weight excluding hydrogens is 414 g/mol. The number of hydrogen-bond donors (Lipinski definition) is 1. The number of thioether (sulfide) groups is 1. The van der Waals surface area contributed by atoms with Crippen molar-refractivity contribution in [2.45, 2.75) is 17.9 Å². The summed E-state index contributed by atoms with van der Waals surface area (Å²) in [5.74, 6) is 0.821. The molecule has 32 heavy (non-hydrogen) atoms. The Kier molecular flexibility index (Phi) is 5.65. The summed E-state index contributed by atoms with van der Waals surface area (Å²) in [6.07, 6.45) is 2.68. The van der Waals surface area contributed by atoms with Gasteiger partial charge in [0.1, 0.15) is 12.4 Å². The number of hydrogen-bond acceptors (Lipinski definition) is 3. The van der Waals surface area contributed by atoms with E-state index in [-0.39, 0.29) is 12.5 Å². The van der Waals surface area contributed by atoms with Gasteiger partial charge in [0.25, 0.3) is 0 Å². The van der Waals surface area contributed by atoms with Gasteiger partial charge in [-0.2, -0.15) is 0 Å². The maximum atomic E-state index is 13.0. The lowest BCUT2D eigenvalue weighted by Gasteiger charge is -2.12. The Morgan fingerprint density at radius 1 is 0.938 bits per heavy atom. The fourth-order valence-corrected chi connectivity index (χ4v) is 4.56. The zero-order valence-electron chi connectivity index (χ0n) is 17.8. The van der Waals surface area contributed by atoms with Crippen LogP contribution in [0.4, 0.5) is 5.69 Å². The van der Waals surface area contributed by atoms with Crippen molar-refractivity contribution in [2.75, 3.05) is 11.6 Å². The number of benzene rings is 4. The van der Waals surface area contributed by atoms with Crippen molar-refractivity contribution in [3.8, 4) is 0 Å². The van der Waals surface area contributed by atoms with Crippen LogP contribution < -0.4 is 5.32 Å². The third-order valence-electron chi connectivity index (χ3n) is 5.62. The Morgan fingerprint density at radius 3 is 2.62 bits per heavy atom. The molecule has 1 heterocycles. The van der Waals surface area contributed by atoms with E-state index in [0.29, 0.717) is 6.42 Å². The molecule has 5 rings (SSSR count). The second-order valence-corrected chi connectivity index (χ2v) is 8.58. The lowest BCUT2D eigenvalue weighted by Crippen LogP contribution is -2.20. The van der Waals surface area contributed by atoms with Crippen LogP contribution in [0.5, 0.6) is 0 Å². The maximum absolute atomic E-state index is 13.0. The van der Waals surface area contributed by atoms with Gasteiger partial charge < -0.3 is 9.88 Å². The summed E-state index contributed by atoms with van der Waals surface area (Å²) in [5.41, 5.74) is 3.88. The number of anilines is 1. The Morgan fingerprint density at radius 2 is 1.72 bits per heavy atom. The van der Waals surface area contributed by atoms with E-state index in [2.05, 4.69) is 47.8 Å². The minimum absolute atomic E-state index is 0.0643. The molecule has 0 aliphatic heterocycles. The quantitative estimate of drug-likeness (QED) is 0.325. The fraction of sp³-hybridized carbons (Fsp3) is 0.111. The van der Waals surface area contributed by atoms with Crippen LogP contribution in [0.25, 0.3) is 21.8 Å². The first kappa shape index (κ1) is 20.3. The molecule has 5 aromatic rings. The van der Waals surface area contributed by atoms with E-state index in [1.165, 1.54) is 16.3 Å². The van der Waals surface area contributed by atoms with Crippen molar-refractivity contribution >= 4 is 45.2 Å². The minimum atomic E-state index is -0.0643. The number of imidazole rings is 1. The molecule has 0 bridgehead atoms. The molecule has 0 saturated heterocycles. The minimum Gasteiger partial charge on any atom is -0.324 e. The van der Waals surface area contributed by atoms with Crippen molar-refractivity contribution in [3.63, 3.8) is 0 Å². The third-order valence-corrected chi connectivity index (χ3v) is 6.34. The van der Waals surface area contributed by atoms with Crippen molar-refractivity contribution in [1.29, 1.82) is 0 Å². The van der Waals surface area contributed by atoms with Crippen LogP contribution in [-0.4, -0.2) is 21.7 Å². The summed E-state index contributed by atoms with van der Waals surface area (Å²) >= 11 is 1.66. The average Bonchev–Trinajstić information content (AvgIpc) is 3.16. The van der Waals surface area contributed by atoms with E-state index >= 15 is 0 Å². The largest absolute Gasteiger partial charge is 0.324 e. The Labute approximate surface area is 191 Å². The van der Waals surface area contributed by atoms with Crippen LogP contribution in [-0.2, 0) is 17.8 Å². The molecule has 0 saturated carbocycles. The number of rotatable bonds is 6. The summed E-state index contributed by atoms with van der Waals surface area (Å²) < 4.78 is 2.03. The number of carbonyl (C=O) groups is 1. The van der Waals surface area contributed by atoms with Crippen molar-refractivity contribution in [2.24, 2.45) is 0 Å². The molecule has 0 aliphatic carbocycles.